The predicted molar refractivity (Wildman–Crippen MR) is 65.0 cm³/mol. The Labute approximate surface area is 104 Å². The van der Waals surface area contributed by atoms with E-state index in [0.717, 1.165) is 0 Å². The van der Waals surface area contributed by atoms with Crippen LogP contribution in [0.3, 0.4) is 0 Å². The SMILES string of the molecule is CC(C)CC(CNC(=O)c1cncs1)C(=O)O. The van der Waals surface area contributed by atoms with Crippen molar-refractivity contribution in [3.8, 4) is 0 Å². The van der Waals surface area contributed by atoms with E-state index in [9.17, 15) is 9.59 Å². The molecule has 0 fully saturated rings. The van der Waals surface area contributed by atoms with Crippen molar-refractivity contribution in [1.29, 1.82) is 0 Å². The summed E-state index contributed by atoms with van der Waals surface area (Å²) in [6.45, 7) is 4.08. The summed E-state index contributed by atoms with van der Waals surface area (Å²) in [5.74, 6) is -1.38. The molecule has 0 bridgehead atoms. The van der Waals surface area contributed by atoms with Crippen LogP contribution in [-0.4, -0.2) is 28.5 Å². The average Bonchev–Trinajstić information content (AvgIpc) is 2.76. The molecule has 0 aliphatic rings. The molecular formula is C11H16N2O3S. The number of carbonyl (C=O) groups is 2. The van der Waals surface area contributed by atoms with Crippen LogP contribution in [0.15, 0.2) is 11.7 Å². The molecule has 1 amide bonds. The average molecular weight is 256 g/mol. The molecule has 1 aromatic rings. The number of carboxylic acids is 1. The van der Waals surface area contributed by atoms with Crippen molar-refractivity contribution in [2.75, 3.05) is 6.54 Å². The van der Waals surface area contributed by atoms with Crippen molar-refractivity contribution in [1.82, 2.24) is 10.3 Å². The van der Waals surface area contributed by atoms with Gasteiger partial charge in [-0.3, -0.25) is 14.6 Å². The number of hydrogen-bond donors (Lipinski definition) is 2. The minimum atomic E-state index is -0.872. The van der Waals surface area contributed by atoms with Gasteiger partial charge in [0, 0.05) is 6.54 Å². The molecular weight excluding hydrogens is 240 g/mol. The van der Waals surface area contributed by atoms with Crippen LogP contribution in [0.4, 0.5) is 0 Å². The molecule has 0 spiro atoms. The normalized spacial score (nSPS) is 12.4. The van der Waals surface area contributed by atoms with E-state index in [1.165, 1.54) is 17.5 Å². The first kappa shape index (κ1) is 13.6. The highest BCUT2D eigenvalue weighted by Gasteiger charge is 2.20. The van der Waals surface area contributed by atoms with Crippen molar-refractivity contribution in [3.63, 3.8) is 0 Å². The van der Waals surface area contributed by atoms with Gasteiger partial charge in [-0.1, -0.05) is 13.8 Å². The standard InChI is InChI=1S/C11H16N2O3S/c1-7(2)3-8(11(15)16)4-13-10(14)9-5-12-6-17-9/h5-8H,3-4H2,1-2H3,(H,13,14)(H,15,16). The molecule has 1 aromatic heterocycles. The van der Waals surface area contributed by atoms with Crippen LogP contribution in [0.2, 0.25) is 0 Å². The van der Waals surface area contributed by atoms with Crippen molar-refractivity contribution < 1.29 is 14.7 Å². The lowest BCUT2D eigenvalue weighted by atomic mass is 9.97. The second-order valence-corrected chi connectivity index (χ2v) is 5.13. The van der Waals surface area contributed by atoms with Crippen LogP contribution in [0.5, 0.6) is 0 Å². The number of nitrogens with one attached hydrogen (secondary N) is 1. The molecule has 0 aliphatic carbocycles. The lowest BCUT2D eigenvalue weighted by Crippen LogP contribution is -2.33. The molecule has 5 nitrogen and oxygen atoms in total. The maximum atomic E-state index is 11.6. The second kappa shape index (κ2) is 6.34. The van der Waals surface area contributed by atoms with Gasteiger partial charge >= 0.3 is 5.97 Å². The molecule has 0 saturated carbocycles. The molecule has 0 aromatic carbocycles. The Morgan fingerprint density at radius 3 is 2.71 bits per heavy atom. The Bertz CT molecular complexity index is 376. The predicted octanol–water partition coefficient (Wildman–Crippen LogP) is 1.62. The highest BCUT2D eigenvalue weighted by Crippen LogP contribution is 2.12. The van der Waals surface area contributed by atoms with Gasteiger partial charge < -0.3 is 10.4 Å². The summed E-state index contributed by atoms with van der Waals surface area (Å²) in [6, 6.07) is 0. The van der Waals surface area contributed by atoms with E-state index in [4.69, 9.17) is 5.11 Å². The van der Waals surface area contributed by atoms with Gasteiger partial charge in [-0.25, -0.2) is 0 Å². The number of thiazole rings is 1. The highest BCUT2D eigenvalue weighted by atomic mass is 32.1. The molecule has 1 atom stereocenters. The molecule has 1 unspecified atom stereocenters. The van der Waals surface area contributed by atoms with E-state index >= 15 is 0 Å². The third-order valence-corrected chi connectivity index (χ3v) is 3.04. The number of rotatable bonds is 6. The van der Waals surface area contributed by atoms with E-state index in [1.54, 1.807) is 5.51 Å². The second-order valence-electron chi connectivity index (χ2n) is 4.24. The number of carbonyl (C=O) groups excluding carboxylic acids is 1. The monoisotopic (exact) mass is 256 g/mol. The van der Waals surface area contributed by atoms with Gasteiger partial charge in [0.15, 0.2) is 0 Å². The van der Waals surface area contributed by atoms with Crippen LogP contribution in [-0.2, 0) is 4.79 Å². The molecule has 0 saturated heterocycles. The molecule has 2 N–H and O–H groups in total. The summed E-state index contributed by atoms with van der Waals surface area (Å²) in [5, 5.41) is 11.6. The van der Waals surface area contributed by atoms with Gasteiger partial charge in [0.05, 0.1) is 17.6 Å². The summed E-state index contributed by atoms with van der Waals surface area (Å²) in [6.07, 6.45) is 2.02. The zero-order valence-electron chi connectivity index (χ0n) is 9.84. The van der Waals surface area contributed by atoms with Gasteiger partial charge in [-0.2, -0.15) is 0 Å². The van der Waals surface area contributed by atoms with Gasteiger partial charge in [0.2, 0.25) is 0 Å². The summed E-state index contributed by atoms with van der Waals surface area (Å²) >= 11 is 1.23. The van der Waals surface area contributed by atoms with E-state index in [0.29, 0.717) is 11.3 Å². The number of aromatic nitrogens is 1. The van der Waals surface area contributed by atoms with Gasteiger partial charge in [-0.15, -0.1) is 11.3 Å². The molecule has 94 valence electrons. The summed E-state index contributed by atoms with van der Waals surface area (Å²) < 4.78 is 0. The van der Waals surface area contributed by atoms with Gasteiger partial charge in [-0.05, 0) is 12.3 Å². The van der Waals surface area contributed by atoms with Crippen molar-refractivity contribution in [3.05, 3.63) is 16.6 Å². The lowest BCUT2D eigenvalue weighted by Gasteiger charge is -2.14. The zero-order chi connectivity index (χ0) is 12.8. The fourth-order valence-electron chi connectivity index (χ4n) is 1.47. The quantitative estimate of drug-likeness (QED) is 0.810. The van der Waals surface area contributed by atoms with Crippen LogP contribution in [0.1, 0.15) is 29.9 Å². The third-order valence-electron chi connectivity index (χ3n) is 2.27. The van der Waals surface area contributed by atoms with Crippen LogP contribution in [0, 0.1) is 11.8 Å². The molecule has 0 radical (unpaired) electrons. The first-order chi connectivity index (χ1) is 8.00. The van der Waals surface area contributed by atoms with Crippen molar-refractivity contribution in [2.24, 2.45) is 11.8 Å². The Balaban J connectivity index is 2.47. The number of amides is 1. The van der Waals surface area contributed by atoms with Crippen molar-refractivity contribution >= 4 is 23.2 Å². The Kier molecular flexibility index (Phi) is 5.09. The van der Waals surface area contributed by atoms with E-state index < -0.39 is 11.9 Å². The maximum absolute atomic E-state index is 11.6. The van der Waals surface area contributed by atoms with Gasteiger partial charge in [0.1, 0.15) is 4.88 Å². The first-order valence-electron chi connectivity index (χ1n) is 5.40. The smallest absolute Gasteiger partial charge is 0.308 e. The minimum absolute atomic E-state index is 0.157. The fourth-order valence-corrected chi connectivity index (χ4v) is 2.01. The molecule has 17 heavy (non-hydrogen) atoms. The topological polar surface area (TPSA) is 79.3 Å². The highest BCUT2D eigenvalue weighted by molar-refractivity contribution is 7.11. The van der Waals surface area contributed by atoms with E-state index in [1.807, 2.05) is 13.8 Å². The number of nitrogens with zero attached hydrogens (tertiary/aromatic N) is 1. The maximum Gasteiger partial charge on any atom is 0.308 e. The van der Waals surface area contributed by atoms with Crippen LogP contribution >= 0.6 is 11.3 Å². The summed E-state index contributed by atoms with van der Waals surface area (Å²) in [7, 11) is 0. The fraction of sp³-hybridized carbons (Fsp3) is 0.545. The van der Waals surface area contributed by atoms with Crippen LogP contribution in [0.25, 0.3) is 0 Å². The van der Waals surface area contributed by atoms with E-state index in [-0.39, 0.29) is 18.4 Å². The lowest BCUT2D eigenvalue weighted by molar-refractivity contribution is -0.142. The Hall–Kier alpha value is -1.43. The Morgan fingerprint density at radius 1 is 1.53 bits per heavy atom. The number of aliphatic carboxylic acids is 1. The number of hydrogen-bond acceptors (Lipinski definition) is 4. The third kappa shape index (κ3) is 4.52. The first-order valence-corrected chi connectivity index (χ1v) is 6.28. The summed E-state index contributed by atoms with van der Waals surface area (Å²) in [5.41, 5.74) is 1.57. The number of carboxylic acid groups (broad SMARTS) is 1. The molecule has 6 heteroatoms. The molecule has 0 aliphatic heterocycles. The molecule has 1 rings (SSSR count). The Morgan fingerprint density at radius 2 is 2.24 bits per heavy atom. The largest absolute Gasteiger partial charge is 0.481 e. The molecule has 1 heterocycles. The van der Waals surface area contributed by atoms with Crippen molar-refractivity contribution in [2.45, 2.75) is 20.3 Å². The summed E-state index contributed by atoms with van der Waals surface area (Å²) in [4.78, 5) is 26.9. The minimum Gasteiger partial charge on any atom is -0.481 e. The van der Waals surface area contributed by atoms with E-state index in [2.05, 4.69) is 10.3 Å². The van der Waals surface area contributed by atoms with Gasteiger partial charge in [0.25, 0.3) is 5.91 Å². The zero-order valence-corrected chi connectivity index (χ0v) is 10.7. The van der Waals surface area contributed by atoms with Crippen LogP contribution < -0.4 is 5.32 Å².